The van der Waals surface area contributed by atoms with Gasteiger partial charge in [0.25, 0.3) is 0 Å². The molecule has 1 aromatic heterocycles. The first-order valence-corrected chi connectivity index (χ1v) is 3.88. The van der Waals surface area contributed by atoms with Crippen LogP contribution in [-0.4, -0.2) is 11.6 Å². The number of fused-ring (bicyclic) bond motifs is 1. The summed E-state index contributed by atoms with van der Waals surface area (Å²) in [6.45, 7) is 3.71. The minimum absolute atomic E-state index is 0.740. The van der Waals surface area contributed by atoms with Crippen molar-refractivity contribution in [1.29, 1.82) is 0 Å². The van der Waals surface area contributed by atoms with E-state index in [4.69, 9.17) is 4.74 Å². The van der Waals surface area contributed by atoms with Crippen molar-refractivity contribution in [3.8, 4) is 0 Å². The molecule has 0 N–H and O–H groups in total. The highest BCUT2D eigenvalue weighted by Gasteiger charge is 2.10. The average molecular weight is 149 g/mol. The van der Waals surface area contributed by atoms with Crippen LogP contribution >= 0.6 is 0 Å². The first-order chi connectivity index (χ1) is 5.38. The second-order valence-corrected chi connectivity index (χ2v) is 2.90. The molecule has 2 rings (SSSR count). The van der Waals surface area contributed by atoms with E-state index >= 15 is 0 Å². The molecule has 0 aromatic carbocycles. The Labute approximate surface area is 66.2 Å². The van der Waals surface area contributed by atoms with Crippen LogP contribution in [0.15, 0.2) is 12.4 Å². The summed E-state index contributed by atoms with van der Waals surface area (Å²) >= 11 is 0. The van der Waals surface area contributed by atoms with Gasteiger partial charge < -0.3 is 4.74 Å². The van der Waals surface area contributed by atoms with Crippen LogP contribution in [0.5, 0.6) is 0 Å². The van der Waals surface area contributed by atoms with E-state index in [1.54, 1.807) is 0 Å². The Kier molecular flexibility index (Phi) is 1.62. The summed E-state index contributed by atoms with van der Waals surface area (Å²) in [5.74, 6) is 0. The summed E-state index contributed by atoms with van der Waals surface area (Å²) in [5.41, 5.74) is 3.99. The van der Waals surface area contributed by atoms with Crippen LogP contribution in [0.25, 0.3) is 0 Å². The molecule has 0 unspecified atom stereocenters. The molecule has 1 aromatic rings. The lowest BCUT2D eigenvalue weighted by atomic mass is 10.0. The van der Waals surface area contributed by atoms with E-state index in [2.05, 4.69) is 11.9 Å². The van der Waals surface area contributed by atoms with Gasteiger partial charge in [-0.15, -0.1) is 0 Å². The smallest absolute Gasteiger partial charge is 0.0734 e. The van der Waals surface area contributed by atoms with Crippen molar-refractivity contribution in [1.82, 2.24) is 4.98 Å². The predicted molar refractivity (Wildman–Crippen MR) is 42.3 cm³/mol. The van der Waals surface area contributed by atoms with E-state index in [0.717, 1.165) is 19.6 Å². The highest BCUT2D eigenvalue weighted by atomic mass is 16.5. The molecule has 0 fully saturated rings. The highest BCUT2D eigenvalue weighted by molar-refractivity contribution is 5.31. The number of ether oxygens (including phenoxy) is 1. The fourth-order valence-electron chi connectivity index (χ4n) is 1.49. The largest absolute Gasteiger partial charge is 0.376 e. The standard InChI is InChI=1S/C9H11NO/c1-7-4-10-5-8-6-11-3-2-9(7)8/h4-5H,2-3,6H2,1H3. The molecular formula is C9H11NO. The van der Waals surface area contributed by atoms with Gasteiger partial charge in [0.15, 0.2) is 0 Å². The van der Waals surface area contributed by atoms with Gasteiger partial charge in [-0.05, 0) is 30.0 Å². The zero-order valence-electron chi connectivity index (χ0n) is 6.63. The fraction of sp³-hybridized carbons (Fsp3) is 0.444. The summed E-state index contributed by atoms with van der Waals surface area (Å²) in [6, 6.07) is 0. The monoisotopic (exact) mass is 149 g/mol. The van der Waals surface area contributed by atoms with Gasteiger partial charge in [0.2, 0.25) is 0 Å². The molecule has 2 heterocycles. The van der Waals surface area contributed by atoms with Gasteiger partial charge >= 0.3 is 0 Å². The molecule has 0 spiro atoms. The van der Waals surface area contributed by atoms with Crippen LogP contribution < -0.4 is 0 Å². The fourth-order valence-corrected chi connectivity index (χ4v) is 1.49. The molecule has 1 aliphatic heterocycles. The lowest BCUT2D eigenvalue weighted by molar-refractivity contribution is 0.110. The summed E-state index contributed by atoms with van der Waals surface area (Å²) < 4.78 is 5.31. The van der Waals surface area contributed by atoms with E-state index in [1.807, 2.05) is 12.4 Å². The van der Waals surface area contributed by atoms with E-state index in [9.17, 15) is 0 Å². The van der Waals surface area contributed by atoms with Gasteiger partial charge in [0, 0.05) is 12.4 Å². The first kappa shape index (κ1) is 6.80. The number of hydrogen-bond acceptors (Lipinski definition) is 2. The normalized spacial score (nSPS) is 16.1. The van der Waals surface area contributed by atoms with Crippen LogP contribution in [-0.2, 0) is 17.8 Å². The Morgan fingerprint density at radius 1 is 1.45 bits per heavy atom. The van der Waals surface area contributed by atoms with Crippen LogP contribution in [0.4, 0.5) is 0 Å². The number of rotatable bonds is 0. The zero-order chi connectivity index (χ0) is 7.68. The number of hydrogen-bond donors (Lipinski definition) is 0. The Morgan fingerprint density at radius 2 is 2.36 bits per heavy atom. The molecule has 2 heteroatoms. The van der Waals surface area contributed by atoms with Gasteiger partial charge in [-0.2, -0.15) is 0 Å². The third-order valence-electron chi connectivity index (χ3n) is 2.12. The maximum Gasteiger partial charge on any atom is 0.0734 e. The highest BCUT2D eigenvalue weighted by Crippen LogP contribution is 2.18. The van der Waals surface area contributed by atoms with Crippen LogP contribution in [0, 0.1) is 6.92 Å². The van der Waals surface area contributed by atoms with Crippen LogP contribution in [0.3, 0.4) is 0 Å². The van der Waals surface area contributed by atoms with Gasteiger partial charge in [0.1, 0.15) is 0 Å². The minimum atomic E-state index is 0.740. The van der Waals surface area contributed by atoms with Crippen molar-refractivity contribution in [3.63, 3.8) is 0 Å². The first-order valence-electron chi connectivity index (χ1n) is 3.88. The molecule has 0 saturated carbocycles. The van der Waals surface area contributed by atoms with Crippen molar-refractivity contribution in [2.45, 2.75) is 20.0 Å². The third kappa shape index (κ3) is 1.14. The molecule has 0 amide bonds. The second-order valence-electron chi connectivity index (χ2n) is 2.90. The van der Waals surface area contributed by atoms with Crippen molar-refractivity contribution < 1.29 is 4.74 Å². The van der Waals surface area contributed by atoms with E-state index in [1.165, 1.54) is 16.7 Å². The van der Waals surface area contributed by atoms with E-state index in [-0.39, 0.29) is 0 Å². The van der Waals surface area contributed by atoms with Gasteiger partial charge in [-0.3, -0.25) is 4.98 Å². The maximum absolute atomic E-state index is 5.31. The molecular weight excluding hydrogens is 138 g/mol. The summed E-state index contributed by atoms with van der Waals surface area (Å²) in [6.07, 6.45) is 4.87. The van der Waals surface area contributed by atoms with Crippen molar-refractivity contribution in [3.05, 3.63) is 29.1 Å². The molecule has 0 radical (unpaired) electrons. The minimum Gasteiger partial charge on any atom is -0.376 e. The van der Waals surface area contributed by atoms with E-state index < -0.39 is 0 Å². The SMILES string of the molecule is Cc1cncc2c1CCOC2. The summed E-state index contributed by atoms with van der Waals surface area (Å²) in [7, 11) is 0. The Morgan fingerprint density at radius 3 is 3.18 bits per heavy atom. The molecule has 0 bridgehead atoms. The van der Waals surface area contributed by atoms with Gasteiger partial charge in [-0.1, -0.05) is 0 Å². The average Bonchev–Trinajstić information content (AvgIpc) is 2.06. The number of aromatic nitrogens is 1. The summed E-state index contributed by atoms with van der Waals surface area (Å²) in [4.78, 5) is 4.12. The van der Waals surface area contributed by atoms with Gasteiger partial charge in [0.05, 0.1) is 13.2 Å². The lowest BCUT2D eigenvalue weighted by Crippen LogP contribution is -2.11. The van der Waals surface area contributed by atoms with Gasteiger partial charge in [-0.25, -0.2) is 0 Å². The topological polar surface area (TPSA) is 22.1 Å². The molecule has 11 heavy (non-hydrogen) atoms. The van der Waals surface area contributed by atoms with Crippen molar-refractivity contribution >= 4 is 0 Å². The summed E-state index contributed by atoms with van der Waals surface area (Å²) in [5, 5.41) is 0. The maximum atomic E-state index is 5.31. The van der Waals surface area contributed by atoms with E-state index in [0.29, 0.717) is 0 Å². The molecule has 0 aliphatic carbocycles. The van der Waals surface area contributed by atoms with Crippen LogP contribution in [0.1, 0.15) is 16.7 Å². The lowest BCUT2D eigenvalue weighted by Gasteiger charge is -2.17. The molecule has 0 saturated heterocycles. The zero-order valence-corrected chi connectivity index (χ0v) is 6.63. The second kappa shape index (κ2) is 2.62. The predicted octanol–water partition coefficient (Wildman–Crippen LogP) is 1.46. The van der Waals surface area contributed by atoms with Crippen molar-refractivity contribution in [2.24, 2.45) is 0 Å². The Balaban J connectivity index is 2.49. The third-order valence-corrected chi connectivity index (χ3v) is 2.12. The van der Waals surface area contributed by atoms with Crippen molar-refractivity contribution in [2.75, 3.05) is 6.61 Å². The Hall–Kier alpha value is -0.890. The number of nitrogens with zero attached hydrogens (tertiary/aromatic N) is 1. The number of pyridine rings is 1. The molecule has 0 atom stereocenters. The quantitative estimate of drug-likeness (QED) is 0.557. The molecule has 58 valence electrons. The molecule has 1 aliphatic rings. The number of aryl methyl sites for hydroxylation is 1. The Bertz CT molecular complexity index is 270. The van der Waals surface area contributed by atoms with Crippen LogP contribution in [0.2, 0.25) is 0 Å². The molecule has 2 nitrogen and oxygen atoms in total.